The van der Waals surface area contributed by atoms with E-state index in [1.54, 1.807) is 7.11 Å². The minimum absolute atomic E-state index is 0.240. The van der Waals surface area contributed by atoms with Gasteiger partial charge in [-0.3, -0.25) is 4.39 Å². The highest BCUT2D eigenvalue weighted by Crippen LogP contribution is 2.22. The molecule has 0 spiro atoms. The Morgan fingerprint density at radius 3 is 2.07 bits per heavy atom. The number of halogens is 1. The maximum Gasteiger partial charge on any atom is 0.176 e. The molecule has 15 heavy (non-hydrogen) atoms. The van der Waals surface area contributed by atoms with E-state index >= 15 is 0 Å². The van der Waals surface area contributed by atoms with Gasteiger partial charge in [-0.15, -0.1) is 0 Å². The summed E-state index contributed by atoms with van der Waals surface area (Å²) in [4.78, 5) is 0. The molecular formula is C9H25FO2Si3. The van der Waals surface area contributed by atoms with Gasteiger partial charge in [0.1, 0.15) is 0 Å². The molecule has 0 unspecified atom stereocenters. The fraction of sp³-hybridized carbons (Fsp3) is 1.00. The fourth-order valence-corrected chi connectivity index (χ4v) is 13.2. The summed E-state index contributed by atoms with van der Waals surface area (Å²) in [5.74, 6) is 0. The number of hydrogen-bond donors (Lipinski definition) is 0. The molecule has 0 heterocycles. The second kappa shape index (κ2) is 6.95. The van der Waals surface area contributed by atoms with Gasteiger partial charge >= 0.3 is 0 Å². The summed E-state index contributed by atoms with van der Waals surface area (Å²) in [7, 11) is -1.85. The molecule has 0 bridgehead atoms. The average Bonchev–Trinajstić information content (AvgIpc) is 2.01. The molecule has 0 aliphatic carbocycles. The van der Waals surface area contributed by atoms with Gasteiger partial charge in [0.05, 0.1) is 6.67 Å². The molecule has 0 aliphatic rings. The molecule has 0 amide bonds. The van der Waals surface area contributed by atoms with Crippen LogP contribution in [-0.2, 0) is 8.54 Å². The summed E-state index contributed by atoms with van der Waals surface area (Å²) >= 11 is 0. The molecule has 0 rings (SSSR count). The van der Waals surface area contributed by atoms with E-state index in [9.17, 15) is 4.39 Å². The Morgan fingerprint density at radius 2 is 1.60 bits per heavy atom. The van der Waals surface area contributed by atoms with Gasteiger partial charge in [0, 0.05) is 7.11 Å². The van der Waals surface area contributed by atoms with E-state index < -0.39 is 16.6 Å². The highest BCUT2D eigenvalue weighted by Gasteiger charge is 2.32. The zero-order valence-electron chi connectivity index (χ0n) is 10.7. The summed E-state index contributed by atoms with van der Waals surface area (Å²) in [6.45, 7) is 8.48. The number of alkyl halides is 1. The minimum Gasteiger partial charge on any atom is -0.455 e. The predicted molar refractivity (Wildman–Crippen MR) is 72.0 cm³/mol. The topological polar surface area (TPSA) is 18.5 Å². The van der Waals surface area contributed by atoms with Crippen molar-refractivity contribution in [3.63, 3.8) is 0 Å². The number of hydrogen-bond acceptors (Lipinski definition) is 2. The normalized spacial score (nSPS) is 14.0. The molecule has 2 nitrogen and oxygen atoms in total. The molecule has 0 saturated heterocycles. The summed E-state index contributed by atoms with van der Waals surface area (Å²) < 4.78 is 23.7. The highest BCUT2D eigenvalue weighted by atomic mass is 28.4. The van der Waals surface area contributed by atoms with Crippen molar-refractivity contribution in [2.24, 2.45) is 0 Å². The average molecular weight is 269 g/mol. The third kappa shape index (κ3) is 8.32. The quantitative estimate of drug-likeness (QED) is 0.497. The van der Waals surface area contributed by atoms with Gasteiger partial charge in [0.2, 0.25) is 0 Å². The highest BCUT2D eigenvalue weighted by molar-refractivity contribution is 6.85. The van der Waals surface area contributed by atoms with Crippen molar-refractivity contribution in [2.75, 3.05) is 13.8 Å². The maximum atomic E-state index is 12.3. The van der Waals surface area contributed by atoms with Gasteiger partial charge in [-0.25, -0.2) is 0 Å². The van der Waals surface area contributed by atoms with E-state index in [2.05, 4.69) is 26.2 Å². The molecule has 92 valence electrons. The lowest BCUT2D eigenvalue weighted by Crippen LogP contribution is -2.44. The maximum absolute atomic E-state index is 12.3. The smallest absolute Gasteiger partial charge is 0.176 e. The van der Waals surface area contributed by atoms with E-state index in [1.807, 2.05) is 0 Å². The molecular weight excluding hydrogens is 243 g/mol. The number of rotatable bonds is 8. The second-order valence-electron chi connectivity index (χ2n) is 5.16. The second-order valence-corrected chi connectivity index (χ2v) is 15.7. The van der Waals surface area contributed by atoms with Crippen LogP contribution in [0.3, 0.4) is 0 Å². The minimum atomic E-state index is -1.74. The lowest BCUT2D eigenvalue weighted by atomic mass is 10.9. The van der Waals surface area contributed by atoms with Crippen LogP contribution in [-0.4, -0.2) is 40.2 Å². The molecule has 0 aromatic heterocycles. The third-order valence-corrected chi connectivity index (χ3v) is 11.5. The molecule has 0 aromatic carbocycles. The molecule has 0 saturated carbocycles. The van der Waals surface area contributed by atoms with Crippen LogP contribution < -0.4 is 0 Å². The van der Waals surface area contributed by atoms with Crippen molar-refractivity contribution in [2.45, 2.75) is 44.3 Å². The third-order valence-electron chi connectivity index (χ3n) is 2.38. The summed E-state index contributed by atoms with van der Waals surface area (Å²) in [6, 6.07) is 2.98. The van der Waals surface area contributed by atoms with Crippen molar-refractivity contribution in [3.8, 4) is 0 Å². The van der Waals surface area contributed by atoms with Gasteiger partial charge in [0.15, 0.2) is 26.4 Å². The molecule has 0 fully saturated rings. The summed E-state index contributed by atoms with van der Waals surface area (Å²) in [6.07, 6.45) is 0. The van der Waals surface area contributed by atoms with Crippen LogP contribution >= 0.6 is 0 Å². The van der Waals surface area contributed by atoms with Crippen LogP contribution in [0, 0.1) is 0 Å². The zero-order valence-corrected chi connectivity index (χ0v) is 14.1. The van der Waals surface area contributed by atoms with Crippen molar-refractivity contribution in [3.05, 3.63) is 0 Å². The molecule has 0 N–H and O–H groups in total. The first kappa shape index (κ1) is 15.5. The fourth-order valence-electron chi connectivity index (χ4n) is 1.72. The van der Waals surface area contributed by atoms with Crippen LogP contribution in [0.4, 0.5) is 4.39 Å². The SMILES string of the molecule is CO[SiH2]CC[Si](C)(C)O[Si](C)(C)CCF. The Hall–Kier alpha value is 0.501. The van der Waals surface area contributed by atoms with Crippen LogP contribution in [0.15, 0.2) is 0 Å². The van der Waals surface area contributed by atoms with Gasteiger partial charge in [-0.1, -0.05) is 0 Å². The van der Waals surface area contributed by atoms with Crippen molar-refractivity contribution < 1.29 is 12.9 Å². The molecule has 0 radical (unpaired) electrons. The van der Waals surface area contributed by atoms with E-state index in [0.29, 0.717) is 6.04 Å². The molecule has 0 aromatic rings. The van der Waals surface area contributed by atoms with E-state index in [4.69, 9.17) is 8.54 Å². The Bertz CT molecular complexity index is 177. The van der Waals surface area contributed by atoms with Gasteiger partial charge in [0.25, 0.3) is 0 Å². The first-order valence-electron chi connectivity index (χ1n) is 5.58. The Kier molecular flexibility index (Phi) is 7.18. The zero-order chi connectivity index (χ0) is 11.9. The summed E-state index contributed by atoms with van der Waals surface area (Å²) in [5, 5.41) is 0. The van der Waals surface area contributed by atoms with Crippen LogP contribution in [0.5, 0.6) is 0 Å². The van der Waals surface area contributed by atoms with E-state index in [-0.39, 0.29) is 16.4 Å². The lowest BCUT2D eigenvalue weighted by Gasteiger charge is -2.33. The summed E-state index contributed by atoms with van der Waals surface area (Å²) in [5.41, 5.74) is 0. The van der Waals surface area contributed by atoms with Gasteiger partial charge in [-0.2, -0.15) is 0 Å². The lowest BCUT2D eigenvalue weighted by molar-refractivity contribution is 0.440. The van der Waals surface area contributed by atoms with Gasteiger partial charge in [-0.05, 0) is 44.3 Å². The van der Waals surface area contributed by atoms with E-state index in [0.717, 1.165) is 6.04 Å². The largest absolute Gasteiger partial charge is 0.455 e. The monoisotopic (exact) mass is 268 g/mol. The molecule has 0 atom stereocenters. The van der Waals surface area contributed by atoms with Crippen LogP contribution in [0.1, 0.15) is 0 Å². The Morgan fingerprint density at radius 1 is 1.07 bits per heavy atom. The molecule has 0 aliphatic heterocycles. The standard InChI is InChI=1S/C9H25FO2Si3/c1-11-13-7-9-15(4,5)12-14(2,3)8-6-10/h6-9,13H2,1-5H3. The Labute approximate surface area is 97.8 Å². The van der Waals surface area contributed by atoms with Crippen molar-refractivity contribution >= 4 is 26.4 Å². The first-order chi connectivity index (χ1) is 6.83. The molecule has 6 heteroatoms. The van der Waals surface area contributed by atoms with Crippen LogP contribution in [0.2, 0.25) is 44.3 Å². The Balaban J connectivity index is 3.99. The van der Waals surface area contributed by atoms with E-state index in [1.165, 1.54) is 6.04 Å². The predicted octanol–water partition coefficient (Wildman–Crippen LogP) is 2.53. The van der Waals surface area contributed by atoms with Gasteiger partial charge < -0.3 is 8.54 Å². The van der Waals surface area contributed by atoms with Crippen LogP contribution in [0.25, 0.3) is 0 Å². The van der Waals surface area contributed by atoms with Crippen molar-refractivity contribution in [1.82, 2.24) is 0 Å². The first-order valence-corrected chi connectivity index (χ1v) is 13.4. The van der Waals surface area contributed by atoms with Crippen molar-refractivity contribution in [1.29, 1.82) is 0 Å².